The lowest BCUT2D eigenvalue weighted by Crippen LogP contribution is -2.16. The maximum absolute atomic E-state index is 11.9. The predicted molar refractivity (Wildman–Crippen MR) is 116 cm³/mol. The van der Waals surface area contributed by atoms with Crippen molar-refractivity contribution in [3.8, 4) is 5.75 Å². The van der Waals surface area contributed by atoms with E-state index in [0.717, 1.165) is 40.0 Å². The molecule has 0 radical (unpaired) electrons. The number of hydrogen-bond acceptors (Lipinski definition) is 5. The fourth-order valence-electron chi connectivity index (χ4n) is 3.64. The SMILES string of the molecule is Cc1cc2c(c(C(C)Nc3ccccc3N)c1)OC(c1ccncc1)=CC2C=O. The van der Waals surface area contributed by atoms with Crippen LogP contribution in [0.2, 0.25) is 0 Å². The van der Waals surface area contributed by atoms with Gasteiger partial charge in [-0.05, 0) is 44.2 Å². The number of aldehydes is 1. The van der Waals surface area contributed by atoms with Gasteiger partial charge in [-0.25, -0.2) is 0 Å². The maximum Gasteiger partial charge on any atom is 0.136 e. The van der Waals surface area contributed by atoms with E-state index in [4.69, 9.17) is 10.5 Å². The van der Waals surface area contributed by atoms with Crippen LogP contribution in [0.5, 0.6) is 5.75 Å². The summed E-state index contributed by atoms with van der Waals surface area (Å²) in [6.07, 6.45) is 6.24. The highest BCUT2D eigenvalue weighted by atomic mass is 16.5. The number of anilines is 2. The lowest BCUT2D eigenvalue weighted by atomic mass is 9.89. The summed E-state index contributed by atoms with van der Waals surface area (Å²) in [6.45, 7) is 4.09. The third kappa shape index (κ3) is 3.72. The Bertz CT molecular complexity index is 1080. The van der Waals surface area contributed by atoms with Gasteiger partial charge in [0.05, 0.1) is 23.3 Å². The van der Waals surface area contributed by atoms with Crippen LogP contribution >= 0.6 is 0 Å². The van der Waals surface area contributed by atoms with Crippen molar-refractivity contribution in [1.29, 1.82) is 0 Å². The van der Waals surface area contributed by atoms with Gasteiger partial charge in [-0.1, -0.05) is 29.8 Å². The molecule has 3 N–H and O–H groups in total. The highest BCUT2D eigenvalue weighted by Crippen LogP contribution is 2.42. The lowest BCUT2D eigenvalue weighted by molar-refractivity contribution is -0.108. The average Bonchev–Trinajstić information content (AvgIpc) is 2.74. The van der Waals surface area contributed by atoms with E-state index in [2.05, 4.69) is 23.3 Å². The average molecular weight is 385 g/mol. The summed E-state index contributed by atoms with van der Waals surface area (Å²) >= 11 is 0. The smallest absolute Gasteiger partial charge is 0.136 e. The normalized spacial score (nSPS) is 16.2. The molecule has 0 amide bonds. The van der Waals surface area contributed by atoms with E-state index in [1.54, 1.807) is 12.4 Å². The van der Waals surface area contributed by atoms with Gasteiger partial charge < -0.3 is 20.6 Å². The minimum absolute atomic E-state index is 0.0718. The van der Waals surface area contributed by atoms with E-state index >= 15 is 0 Å². The van der Waals surface area contributed by atoms with Gasteiger partial charge >= 0.3 is 0 Å². The highest BCUT2D eigenvalue weighted by molar-refractivity contribution is 5.78. The molecule has 1 aliphatic rings. The zero-order valence-corrected chi connectivity index (χ0v) is 16.4. The Morgan fingerprint density at radius 2 is 1.93 bits per heavy atom. The van der Waals surface area contributed by atoms with Crippen molar-refractivity contribution in [2.75, 3.05) is 11.1 Å². The summed E-state index contributed by atoms with van der Waals surface area (Å²) in [7, 11) is 0. The number of carbonyl (C=O) groups is 1. The fourth-order valence-corrected chi connectivity index (χ4v) is 3.64. The van der Waals surface area contributed by atoms with Gasteiger partial charge in [0.15, 0.2) is 0 Å². The molecule has 1 aliphatic heterocycles. The molecule has 2 unspecified atom stereocenters. The summed E-state index contributed by atoms with van der Waals surface area (Å²) in [5.74, 6) is 1.01. The molecule has 146 valence electrons. The summed E-state index contributed by atoms with van der Waals surface area (Å²) in [5.41, 5.74) is 11.5. The van der Waals surface area contributed by atoms with Gasteiger partial charge in [-0.2, -0.15) is 0 Å². The molecule has 2 heterocycles. The van der Waals surface area contributed by atoms with Crippen LogP contribution in [0.3, 0.4) is 0 Å². The quantitative estimate of drug-likeness (QED) is 0.484. The van der Waals surface area contributed by atoms with Crippen molar-refractivity contribution in [3.63, 3.8) is 0 Å². The van der Waals surface area contributed by atoms with Gasteiger partial charge in [-0.15, -0.1) is 0 Å². The number of fused-ring (bicyclic) bond motifs is 1. The zero-order valence-electron chi connectivity index (χ0n) is 16.4. The number of nitrogens with two attached hydrogens (primary N) is 1. The second kappa shape index (κ2) is 7.80. The molecule has 0 fully saturated rings. The number of aromatic nitrogens is 1. The summed E-state index contributed by atoms with van der Waals surface area (Å²) in [5, 5.41) is 3.47. The van der Waals surface area contributed by atoms with E-state index in [0.29, 0.717) is 11.4 Å². The van der Waals surface area contributed by atoms with Gasteiger partial charge in [0.25, 0.3) is 0 Å². The highest BCUT2D eigenvalue weighted by Gasteiger charge is 2.27. The molecule has 0 saturated heterocycles. The Labute approximate surface area is 170 Å². The van der Waals surface area contributed by atoms with Gasteiger partial charge in [0, 0.05) is 29.1 Å². The van der Waals surface area contributed by atoms with Crippen molar-refractivity contribution in [1.82, 2.24) is 4.98 Å². The van der Waals surface area contributed by atoms with E-state index in [1.807, 2.05) is 55.5 Å². The minimum Gasteiger partial charge on any atom is -0.456 e. The molecule has 29 heavy (non-hydrogen) atoms. The van der Waals surface area contributed by atoms with Crippen LogP contribution in [-0.2, 0) is 4.79 Å². The number of carbonyl (C=O) groups excluding carboxylic acids is 1. The third-order valence-corrected chi connectivity index (χ3v) is 5.10. The van der Waals surface area contributed by atoms with Crippen LogP contribution in [0, 0.1) is 6.92 Å². The standard InChI is InChI=1S/C24H23N3O2/c1-15-11-19(16(2)27-22-6-4-3-5-21(22)25)24-20(12-15)18(14-28)13-23(29-24)17-7-9-26-10-8-17/h3-14,16,18,27H,25H2,1-2H3. The first-order valence-electron chi connectivity index (χ1n) is 9.57. The molecule has 0 spiro atoms. The van der Waals surface area contributed by atoms with Gasteiger partial charge in [-0.3, -0.25) is 4.98 Å². The lowest BCUT2D eigenvalue weighted by Gasteiger charge is -2.28. The van der Waals surface area contributed by atoms with Crippen LogP contribution in [0.25, 0.3) is 5.76 Å². The predicted octanol–water partition coefficient (Wildman–Crippen LogP) is 4.86. The Balaban J connectivity index is 1.76. The first-order valence-corrected chi connectivity index (χ1v) is 9.57. The van der Waals surface area contributed by atoms with Crippen LogP contribution in [-0.4, -0.2) is 11.3 Å². The number of para-hydroxylation sites is 2. The topological polar surface area (TPSA) is 77.2 Å². The Kier molecular flexibility index (Phi) is 5.04. The van der Waals surface area contributed by atoms with Crippen molar-refractivity contribution >= 4 is 23.4 Å². The zero-order chi connectivity index (χ0) is 20.4. The van der Waals surface area contributed by atoms with Gasteiger partial charge in [0.1, 0.15) is 17.8 Å². The Morgan fingerprint density at radius 1 is 1.17 bits per heavy atom. The third-order valence-electron chi connectivity index (χ3n) is 5.10. The van der Waals surface area contributed by atoms with Gasteiger partial charge in [0.2, 0.25) is 0 Å². The van der Waals surface area contributed by atoms with Crippen molar-refractivity contribution < 1.29 is 9.53 Å². The first-order chi connectivity index (χ1) is 14.1. The number of benzene rings is 2. The fraction of sp³-hybridized carbons (Fsp3) is 0.167. The van der Waals surface area contributed by atoms with Crippen molar-refractivity contribution in [2.45, 2.75) is 25.8 Å². The summed E-state index contributed by atoms with van der Waals surface area (Å²) < 4.78 is 6.33. The second-order valence-corrected chi connectivity index (χ2v) is 7.26. The summed E-state index contributed by atoms with van der Waals surface area (Å²) in [4.78, 5) is 15.9. The molecule has 0 saturated carbocycles. The number of allylic oxidation sites excluding steroid dienone is 1. The van der Waals surface area contributed by atoms with Crippen LogP contribution in [0.1, 0.15) is 41.1 Å². The van der Waals surface area contributed by atoms with E-state index in [-0.39, 0.29) is 12.0 Å². The number of nitrogens with zero attached hydrogens (tertiary/aromatic N) is 1. The van der Waals surface area contributed by atoms with Crippen LogP contribution < -0.4 is 15.8 Å². The Morgan fingerprint density at radius 3 is 2.66 bits per heavy atom. The van der Waals surface area contributed by atoms with E-state index in [9.17, 15) is 4.79 Å². The molecule has 1 aromatic heterocycles. The Hall–Kier alpha value is -3.60. The van der Waals surface area contributed by atoms with Crippen LogP contribution in [0.15, 0.2) is 67.0 Å². The molecular formula is C24H23N3O2. The molecular weight excluding hydrogens is 362 g/mol. The number of rotatable bonds is 5. The molecule has 5 nitrogen and oxygen atoms in total. The second-order valence-electron chi connectivity index (χ2n) is 7.26. The number of ether oxygens (including phenoxy) is 1. The maximum atomic E-state index is 11.9. The number of nitrogens with one attached hydrogen (secondary N) is 1. The molecule has 2 aromatic carbocycles. The monoisotopic (exact) mass is 385 g/mol. The number of hydrogen-bond donors (Lipinski definition) is 2. The number of nitrogen functional groups attached to an aromatic ring is 1. The molecule has 3 aromatic rings. The molecule has 4 rings (SSSR count). The van der Waals surface area contributed by atoms with Crippen LogP contribution in [0.4, 0.5) is 11.4 Å². The first kappa shape index (κ1) is 18.7. The van der Waals surface area contributed by atoms with E-state index < -0.39 is 0 Å². The largest absolute Gasteiger partial charge is 0.456 e. The molecule has 0 bridgehead atoms. The molecule has 5 heteroatoms. The minimum atomic E-state index is -0.366. The molecule has 0 aliphatic carbocycles. The number of pyridine rings is 1. The molecule has 2 atom stereocenters. The number of aryl methyl sites for hydroxylation is 1. The van der Waals surface area contributed by atoms with Crippen molar-refractivity contribution in [3.05, 3.63) is 89.3 Å². The summed E-state index contributed by atoms with van der Waals surface area (Å²) in [6, 6.07) is 15.4. The van der Waals surface area contributed by atoms with E-state index in [1.165, 1.54) is 0 Å². The van der Waals surface area contributed by atoms with Crippen molar-refractivity contribution in [2.24, 2.45) is 0 Å².